The van der Waals surface area contributed by atoms with Gasteiger partial charge in [-0.15, -0.1) is 0 Å². The maximum Gasteiger partial charge on any atom is 0.418 e. The third-order valence-corrected chi connectivity index (χ3v) is 2.29. The number of halogens is 3. The van der Waals surface area contributed by atoms with E-state index in [9.17, 15) is 13.2 Å². The van der Waals surface area contributed by atoms with Gasteiger partial charge in [-0.3, -0.25) is 4.98 Å². The monoisotopic (exact) mass is 241 g/mol. The van der Waals surface area contributed by atoms with Crippen molar-refractivity contribution in [3.8, 4) is 0 Å². The molecule has 0 unspecified atom stereocenters. The lowest BCUT2D eigenvalue weighted by Crippen LogP contribution is -2.06. The summed E-state index contributed by atoms with van der Waals surface area (Å²) in [6.45, 7) is 5.77. The van der Waals surface area contributed by atoms with Crippen LogP contribution in [0, 0.1) is 6.92 Å². The Morgan fingerprint density at radius 1 is 1.06 bits per heavy atom. The molecule has 0 saturated heterocycles. The number of alkyl halides is 3. The van der Waals surface area contributed by atoms with Crippen LogP contribution in [0.3, 0.4) is 0 Å². The van der Waals surface area contributed by atoms with Gasteiger partial charge in [-0.05, 0) is 24.6 Å². The Balaban J connectivity index is 0.000000686. The molecule has 0 aliphatic rings. The van der Waals surface area contributed by atoms with Crippen molar-refractivity contribution in [1.29, 1.82) is 0 Å². The summed E-state index contributed by atoms with van der Waals surface area (Å²) in [5.74, 6) is 0. The molecular weight excluding hydrogens is 227 g/mol. The summed E-state index contributed by atoms with van der Waals surface area (Å²) in [6.07, 6.45) is -2.95. The van der Waals surface area contributed by atoms with E-state index in [0.717, 1.165) is 11.6 Å². The summed E-state index contributed by atoms with van der Waals surface area (Å²) in [7, 11) is 0. The maximum atomic E-state index is 12.6. The van der Waals surface area contributed by atoms with Gasteiger partial charge in [0.15, 0.2) is 0 Å². The van der Waals surface area contributed by atoms with Gasteiger partial charge in [0.2, 0.25) is 0 Å². The average molecular weight is 241 g/mol. The van der Waals surface area contributed by atoms with Crippen molar-refractivity contribution in [2.45, 2.75) is 26.9 Å². The summed E-state index contributed by atoms with van der Waals surface area (Å²) >= 11 is 0. The van der Waals surface area contributed by atoms with Crippen LogP contribution in [-0.2, 0) is 6.18 Å². The highest BCUT2D eigenvalue weighted by atomic mass is 19.4. The number of aryl methyl sites for hydroxylation is 1. The SMILES string of the molecule is CC.Cc1ccnc2c(C(F)(F)F)cccc12. The van der Waals surface area contributed by atoms with Gasteiger partial charge in [0.1, 0.15) is 0 Å². The number of aromatic nitrogens is 1. The predicted molar refractivity (Wildman–Crippen MR) is 62.8 cm³/mol. The number of nitrogens with zero attached hydrogens (tertiary/aromatic N) is 1. The van der Waals surface area contributed by atoms with Gasteiger partial charge in [-0.1, -0.05) is 26.0 Å². The molecule has 0 radical (unpaired) electrons. The zero-order valence-electron chi connectivity index (χ0n) is 9.97. The van der Waals surface area contributed by atoms with Gasteiger partial charge >= 0.3 is 6.18 Å². The highest BCUT2D eigenvalue weighted by Crippen LogP contribution is 2.34. The molecule has 0 spiro atoms. The summed E-state index contributed by atoms with van der Waals surface area (Å²) in [5.41, 5.74) is 0.139. The quantitative estimate of drug-likeness (QED) is 0.657. The lowest BCUT2D eigenvalue weighted by Gasteiger charge is -2.10. The minimum Gasteiger partial charge on any atom is -0.256 e. The molecule has 1 nitrogen and oxygen atoms in total. The second kappa shape index (κ2) is 5.17. The largest absolute Gasteiger partial charge is 0.418 e. The van der Waals surface area contributed by atoms with E-state index in [1.807, 2.05) is 13.8 Å². The Bertz CT molecular complexity index is 503. The van der Waals surface area contributed by atoms with Crippen molar-refractivity contribution in [1.82, 2.24) is 4.98 Å². The second-order valence-corrected chi connectivity index (χ2v) is 3.33. The molecule has 1 aromatic heterocycles. The molecule has 0 saturated carbocycles. The highest BCUT2D eigenvalue weighted by molar-refractivity contribution is 5.85. The Morgan fingerprint density at radius 3 is 2.29 bits per heavy atom. The van der Waals surface area contributed by atoms with Crippen LogP contribution < -0.4 is 0 Å². The molecule has 2 aromatic rings. The van der Waals surface area contributed by atoms with Gasteiger partial charge in [0, 0.05) is 11.6 Å². The van der Waals surface area contributed by atoms with Gasteiger partial charge < -0.3 is 0 Å². The Labute approximate surface area is 98.3 Å². The molecule has 0 aliphatic heterocycles. The number of hydrogen-bond acceptors (Lipinski definition) is 1. The number of para-hydroxylation sites is 1. The second-order valence-electron chi connectivity index (χ2n) is 3.33. The van der Waals surface area contributed by atoms with E-state index >= 15 is 0 Å². The Morgan fingerprint density at radius 2 is 1.71 bits per heavy atom. The van der Waals surface area contributed by atoms with Crippen LogP contribution in [0.4, 0.5) is 13.2 Å². The van der Waals surface area contributed by atoms with E-state index in [0.29, 0.717) is 5.39 Å². The van der Waals surface area contributed by atoms with E-state index in [2.05, 4.69) is 4.98 Å². The summed E-state index contributed by atoms with van der Waals surface area (Å²) in [5, 5.41) is 0.548. The molecule has 92 valence electrons. The Kier molecular flexibility index (Phi) is 4.10. The van der Waals surface area contributed by atoms with Crippen LogP contribution in [0.15, 0.2) is 30.5 Å². The summed E-state index contributed by atoms with van der Waals surface area (Å²) in [6, 6.07) is 5.80. The number of pyridine rings is 1. The first-order valence-electron chi connectivity index (χ1n) is 5.41. The molecule has 4 heteroatoms. The fourth-order valence-electron chi connectivity index (χ4n) is 1.54. The molecule has 2 rings (SSSR count). The molecule has 0 amide bonds. The topological polar surface area (TPSA) is 12.9 Å². The van der Waals surface area contributed by atoms with E-state index in [4.69, 9.17) is 0 Å². The van der Waals surface area contributed by atoms with Gasteiger partial charge in [-0.25, -0.2) is 0 Å². The predicted octanol–water partition coefficient (Wildman–Crippen LogP) is 4.59. The highest BCUT2D eigenvalue weighted by Gasteiger charge is 2.33. The van der Waals surface area contributed by atoms with Crippen LogP contribution in [0.25, 0.3) is 10.9 Å². The van der Waals surface area contributed by atoms with Crippen LogP contribution >= 0.6 is 0 Å². The van der Waals surface area contributed by atoms with Gasteiger partial charge in [0.25, 0.3) is 0 Å². The van der Waals surface area contributed by atoms with Crippen LogP contribution in [0.5, 0.6) is 0 Å². The van der Waals surface area contributed by atoms with E-state index in [-0.39, 0.29) is 5.52 Å². The van der Waals surface area contributed by atoms with E-state index in [1.165, 1.54) is 12.3 Å². The molecule has 0 atom stereocenters. The van der Waals surface area contributed by atoms with E-state index < -0.39 is 11.7 Å². The van der Waals surface area contributed by atoms with Crippen LogP contribution in [0.1, 0.15) is 25.0 Å². The third-order valence-electron chi connectivity index (χ3n) is 2.29. The van der Waals surface area contributed by atoms with Crippen molar-refractivity contribution < 1.29 is 13.2 Å². The van der Waals surface area contributed by atoms with Crippen molar-refractivity contribution >= 4 is 10.9 Å². The zero-order chi connectivity index (χ0) is 13.1. The molecular formula is C13H14F3N. The number of fused-ring (bicyclic) bond motifs is 1. The molecule has 1 aromatic carbocycles. The standard InChI is InChI=1S/C11H8F3N.C2H6/c1-7-5-6-15-10-8(7)3-2-4-9(10)11(12,13)14;1-2/h2-6H,1H3;1-2H3. The van der Waals surface area contributed by atoms with Crippen molar-refractivity contribution in [2.75, 3.05) is 0 Å². The lowest BCUT2D eigenvalue weighted by atomic mass is 10.1. The third kappa shape index (κ3) is 2.75. The molecule has 0 bridgehead atoms. The molecule has 1 heterocycles. The van der Waals surface area contributed by atoms with Crippen LogP contribution in [-0.4, -0.2) is 4.98 Å². The van der Waals surface area contributed by atoms with Crippen molar-refractivity contribution in [3.05, 3.63) is 41.6 Å². The summed E-state index contributed by atoms with van der Waals surface area (Å²) in [4.78, 5) is 3.79. The molecule has 0 aliphatic carbocycles. The zero-order valence-corrected chi connectivity index (χ0v) is 9.97. The minimum absolute atomic E-state index is 0.0185. The Hall–Kier alpha value is -1.58. The van der Waals surface area contributed by atoms with E-state index in [1.54, 1.807) is 19.1 Å². The first-order chi connectivity index (χ1) is 8.00. The average Bonchev–Trinajstić information content (AvgIpc) is 2.30. The first kappa shape index (κ1) is 13.5. The molecule has 0 fully saturated rings. The fraction of sp³-hybridized carbons (Fsp3) is 0.308. The normalized spacial score (nSPS) is 10.9. The summed E-state index contributed by atoms with van der Waals surface area (Å²) < 4.78 is 37.8. The lowest BCUT2D eigenvalue weighted by molar-refractivity contribution is -0.136. The number of benzene rings is 1. The van der Waals surface area contributed by atoms with Gasteiger partial charge in [0.05, 0.1) is 11.1 Å². The maximum absolute atomic E-state index is 12.6. The minimum atomic E-state index is -4.35. The van der Waals surface area contributed by atoms with Crippen LogP contribution in [0.2, 0.25) is 0 Å². The number of rotatable bonds is 0. The fourth-order valence-corrected chi connectivity index (χ4v) is 1.54. The van der Waals surface area contributed by atoms with Gasteiger partial charge in [-0.2, -0.15) is 13.2 Å². The molecule has 17 heavy (non-hydrogen) atoms. The first-order valence-corrected chi connectivity index (χ1v) is 5.41. The van der Waals surface area contributed by atoms with Crippen molar-refractivity contribution in [3.63, 3.8) is 0 Å². The smallest absolute Gasteiger partial charge is 0.256 e. The number of hydrogen-bond donors (Lipinski definition) is 0. The van der Waals surface area contributed by atoms with Crippen molar-refractivity contribution in [2.24, 2.45) is 0 Å². The molecule has 0 N–H and O–H groups in total.